The molecule has 0 unspecified atom stereocenters. The van der Waals surface area contributed by atoms with Gasteiger partial charge in [-0.05, 0) is 25.0 Å². The molecule has 4 aromatic heterocycles. The third kappa shape index (κ3) is 3.65. The van der Waals surface area contributed by atoms with Gasteiger partial charge in [0.15, 0.2) is 11.2 Å². The lowest BCUT2D eigenvalue weighted by molar-refractivity contribution is -0.374. The first kappa shape index (κ1) is 24.4. The number of hydrogen-bond donors (Lipinski definition) is 5. The van der Waals surface area contributed by atoms with Crippen LogP contribution < -0.4 is 11.0 Å². The summed E-state index contributed by atoms with van der Waals surface area (Å²) in [4.78, 5) is 33.6. The summed E-state index contributed by atoms with van der Waals surface area (Å²) in [6.07, 6.45) is 0.500. The molecular weight excluding hydrogens is 508 g/mol. The van der Waals surface area contributed by atoms with Gasteiger partial charge in [0.2, 0.25) is 0 Å². The lowest BCUT2D eigenvalue weighted by Crippen LogP contribution is -2.58. The summed E-state index contributed by atoms with van der Waals surface area (Å²) in [6, 6.07) is 4.45. The summed E-state index contributed by atoms with van der Waals surface area (Å²) in [6.45, 7) is 0. The summed E-state index contributed by atoms with van der Waals surface area (Å²) in [7, 11) is 0. The van der Waals surface area contributed by atoms with Crippen LogP contribution in [0.15, 0.2) is 35.4 Å². The Kier molecular flexibility index (Phi) is 5.15. The van der Waals surface area contributed by atoms with Crippen LogP contribution in [0, 0.1) is 0 Å². The molecule has 15 heteroatoms. The average molecular weight is 531 g/mol. The van der Waals surface area contributed by atoms with Crippen molar-refractivity contribution in [2.45, 2.75) is 62.1 Å². The van der Waals surface area contributed by atoms with Crippen molar-refractivity contribution >= 4 is 39.7 Å². The molecule has 0 bridgehead atoms. The monoisotopic (exact) mass is 531 g/mol. The molecule has 200 valence electrons. The summed E-state index contributed by atoms with van der Waals surface area (Å²) in [5, 5.41) is 46.6. The Bertz CT molecular complexity index is 1640. The summed E-state index contributed by atoms with van der Waals surface area (Å²) < 4.78 is 30.3. The quantitative estimate of drug-likeness (QED) is 0.229. The van der Waals surface area contributed by atoms with E-state index >= 15 is 0 Å². The van der Waals surface area contributed by atoms with Crippen molar-refractivity contribution in [2.24, 2.45) is 0 Å². The van der Waals surface area contributed by atoms with Crippen LogP contribution in [0.2, 0.25) is 0 Å². The van der Waals surface area contributed by atoms with E-state index in [-0.39, 0.29) is 28.8 Å². The number of nitrogens with one attached hydrogen (secondary N) is 1. The number of carboxylic acid groups (broad SMARTS) is 1. The maximum atomic E-state index is 13.7. The number of aromatic nitrogens is 6. The van der Waals surface area contributed by atoms with Crippen LogP contribution in [-0.4, -0.2) is 61.2 Å². The van der Waals surface area contributed by atoms with Crippen LogP contribution in [0.3, 0.4) is 0 Å². The Balaban J connectivity index is 1.41. The minimum absolute atomic E-state index is 0.00394. The van der Waals surface area contributed by atoms with Gasteiger partial charge in [0.1, 0.15) is 11.6 Å². The lowest BCUT2D eigenvalue weighted by Gasteiger charge is -2.43. The van der Waals surface area contributed by atoms with Gasteiger partial charge >= 0.3 is 17.8 Å². The summed E-state index contributed by atoms with van der Waals surface area (Å²) in [5.41, 5.74) is -2.34. The van der Waals surface area contributed by atoms with E-state index < -0.39 is 42.1 Å². The molecule has 6 rings (SSSR count). The second-order valence-corrected chi connectivity index (χ2v) is 9.92. The zero-order chi connectivity index (χ0) is 27.0. The van der Waals surface area contributed by atoms with E-state index in [1.807, 2.05) is 0 Å². The maximum Gasteiger partial charge on any atom is 0.377 e. The molecule has 4 aromatic rings. The molecule has 2 aliphatic carbocycles. The Morgan fingerprint density at radius 1 is 1.08 bits per heavy atom. The number of hydrogen-bond acceptors (Lipinski definition) is 9. The summed E-state index contributed by atoms with van der Waals surface area (Å²) >= 11 is 0. The zero-order valence-corrected chi connectivity index (χ0v) is 19.8. The lowest BCUT2D eigenvalue weighted by atomic mass is 9.73. The van der Waals surface area contributed by atoms with Gasteiger partial charge < -0.3 is 25.7 Å². The molecule has 2 fully saturated rings. The van der Waals surface area contributed by atoms with Crippen LogP contribution in [0.4, 0.5) is 20.4 Å². The molecule has 0 radical (unpaired) electrons. The topological polar surface area (TPSA) is 181 Å². The molecule has 0 spiro atoms. The first-order valence-corrected chi connectivity index (χ1v) is 11.9. The van der Waals surface area contributed by atoms with Crippen molar-refractivity contribution in [3.05, 3.63) is 41.1 Å². The van der Waals surface area contributed by atoms with Gasteiger partial charge in [-0.3, -0.25) is 4.57 Å². The largest absolute Gasteiger partial charge is 0.479 e. The predicted octanol–water partition coefficient (Wildman–Crippen LogP) is 1.56. The highest BCUT2D eigenvalue weighted by Crippen LogP contribution is 2.51. The third-order valence-corrected chi connectivity index (χ3v) is 7.33. The molecule has 0 aliphatic heterocycles. The predicted molar refractivity (Wildman–Crippen MR) is 127 cm³/mol. The van der Waals surface area contributed by atoms with Crippen LogP contribution in [-0.2, 0) is 16.4 Å². The number of halogens is 2. The van der Waals surface area contributed by atoms with E-state index in [1.54, 1.807) is 12.1 Å². The number of aliphatic carboxylic acids is 1. The molecule has 5 N–H and O–H groups in total. The second-order valence-electron chi connectivity index (χ2n) is 9.92. The Labute approximate surface area is 211 Å². The normalized spacial score (nSPS) is 19.2. The highest BCUT2D eigenvalue weighted by atomic mass is 19.3. The Morgan fingerprint density at radius 2 is 1.79 bits per heavy atom. The number of carboxylic acids is 1. The molecule has 38 heavy (non-hydrogen) atoms. The molecule has 0 aromatic carbocycles. The van der Waals surface area contributed by atoms with Gasteiger partial charge in [0.25, 0.3) is 5.92 Å². The van der Waals surface area contributed by atoms with Gasteiger partial charge in [-0.25, -0.2) is 37.6 Å². The smallest absolute Gasteiger partial charge is 0.377 e. The fourth-order valence-electron chi connectivity index (χ4n) is 5.60. The average Bonchev–Trinajstić information content (AvgIpc) is 3.53. The number of nitrogens with zero attached hydrogens (tertiary/aromatic N) is 6. The Morgan fingerprint density at radius 3 is 2.42 bits per heavy atom. The second kappa shape index (κ2) is 8.02. The number of imidazole rings is 1. The fraction of sp³-hybridized carbons (Fsp3) is 0.435. The van der Waals surface area contributed by atoms with Gasteiger partial charge in [-0.1, -0.05) is 12.8 Å². The van der Waals surface area contributed by atoms with Gasteiger partial charge in [-0.2, -0.15) is 5.10 Å². The van der Waals surface area contributed by atoms with E-state index in [4.69, 9.17) is 0 Å². The van der Waals surface area contributed by atoms with Crippen molar-refractivity contribution in [2.75, 3.05) is 5.32 Å². The van der Waals surface area contributed by atoms with Crippen molar-refractivity contribution in [3.8, 4) is 0 Å². The highest BCUT2D eigenvalue weighted by Gasteiger charge is 2.64. The molecule has 2 aliphatic rings. The first-order chi connectivity index (χ1) is 17.9. The maximum absolute atomic E-state index is 13.7. The van der Waals surface area contributed by atoms with Crippen molar-refractivity contribution < 1.29 is 34.0 Å². The number of carbonyl (C=O) groups is 1. The standard InChI is InChI=1S/C23H23F2N7O6/c24-22(25)10-21(11-22,19(33)34)32-18-12(8-27-32)5-6-16(29-18)28-17-7-14-15(9-26-17)31(23(36,37)38)20(35)30(14)13-3-1-2-4-13/h5-9,13,36-38H,1-4,10-11H2,(H,33,34)(H,26,28,29). The molecule has 13 nitrogen and oxygen atoms in total. The van der Waals surface area contributed by atoms with Crippen molar-refractivity contribution in [1.29, 1.82) is 0 Å². The van der Waals surface area contributed by atoms with E-state index in [1.165, 1.54) is 23.0 Å². The number of pyridine rings is 2. The summed E-state index contributed by atoms with van der Waals surface area (Å²) in [5.74, 6) is -4.13. The first-order valence-electron chi connectivity index (χ1n) is 11.9. The van der Waals surface area contributed by atoms with Gasteiger partial charge in [-0.15, -0.1) is 0 Å². The number of aliphatic hydroxyl groups is 3. The van der Waals surface area contributed by atoms with Crippen LogP contribution in [0.1, 0.15) is 44.6 Å². The van der Waals surface area contributed by atoms with E-state index in [0.29, 0.717) is 28.3 Å². The Hall–Kier alpha value is -3.95. The molecule has 0 saturated heterocycles. The van der Waals surface area contributed by atoms with E-state index in [0.717, 1.165) is 17.5 Å². The molecule has 4 heterocycles. The van der Waals surface area contributed by atoms with Crippen LogP contribution >= 0.6 is 0 Å². The van der Waals surface area contributed by atoms with Crippen molar-refractivity contribution in [1.82, 2.24) is 28.9 Å². The highest BCUT2D eigenvalue weighted by molar-refractivity contribution is 5.84. The third-order valence-electron chi connectivity index (χ3n) is 7.33. The number of alkyl halides is 2. The zero-order valence-electron chi connectivity index (χ0n) is 19.8. The van der Waals surface area contributed by atoms with E-state index in [9.17, 15) is 38.8 Å². The number of rotatable bonds is 6. The minimum Gasteiger partial charge on any atom is -0.479 e. The van der Waals surface area contributed by atoms with Gasteiger partial charge in [0.05, 0.1) is 23.4 Å². The van der Waals surface area contributed by atoms with Crippen LogP contribution in [0.25, 0.3) is 22.1 Å². The SMILES string of the molecule is O=C(O)C1(n2ncc3ccc(Nc4cc5c(cn4)n(C(O)(O)O)c(=O)n5C4CCCC4)nc32)CC(F)(F)C1. The molecular formula is C23H23F2N7O6. The fourth-order valence-corrected chi connectivity index (χ4v) is 5.60. The van der Waals surface area contributed by atoms with E-state index in [2.05, 4.69) is 20.4 Å². The van der Waals surface area contributed by atoms with Crippen LogP contribution in [0.5, 0.6) is 0 Å². The number of fused-ring (bicyclic) bond motifs is 2. The van der Waals surface area contributed by atoms with Gasteiger partial charge in [0, 0.05) is 30.3 Å². The minimum atomic E-state index is -3.43. The molecule has 0 amide bonds. The molecule has 2 saturated carbocycles. The van der Waals surface area contributed by atoms with Crippen molar-refractivity contribution in [3.63, 3.8) is 0 Å². The number of anilines is 2. The molecule has 0 atom stereocenters.